The molecule has 0 unspecified atom stereocenters. The molecule has 0 bridgehead atoms. The third-order valence-electron chi connectivity index (χ3n) is 3.85. The van der Waals surface area contributed by atoms with Gasteiger partial charge in [0.05, 0.1) is 4.88 Å². The van der Waals surface area contributed by atoms with E-state index < -0.39 is 0 Å². The summed E-state index contributed by atoms with van der Waals surface area (Å²) in [5, 5.41) is 9.90. The van der Waals surface area contributed by atoms with Gasteiger partial charge in [-0.2, -0.15) is 0 Å². The summed E-state index contributed by atoms with van der Waals surface area (Å²) >= 11 is 1.41. The van der Waals surface area contributed by atoms with Crippen LogP contribution in [0, 0.1) is 11.7 Å². The zero-order valence-corrected chi connectivity index (χ0v) is 11.8. The van der Waals surface area contributed by atoms with Crippen LogP contribution in [-0.2, 0) is 0 Å². The summed E-state index contributed by atoms with van der Waals surface area (Å²) in [6.45, 7) is 1.57. The number of thiophene rings is 1. The smallest absolute Gasteiger partial charge is 0.263 e. The third-order valence-corrected chi connectivity index (χ3v) is 4.95. The molecule has 1 aromatic heterocycles. The first-order valence-corrected chi connectivity index (χ1v) is 7.58. The number of hydrogen-bond donors (Lipinski definition) is 1. The standard InChI is InChI=1S/C15H16FNO2S/c16-12-1-2-13-11(7-12)8-14(20-13)15(19)17-5-3-10(9-18)4-6-17/h1-2,7-8,10,18H,3-6,9H2. The number of halogens is 1. The van der Waals surface area contributed by atoms with Crippen molar-refractivity contribution in [2.45, 2.75) is 12.8 Å². The van der Waals surface area contributed by atoms with Crippen LogP contribution in [0.2, 0.25) is 0 Å². The number of nitrogens with zero attached hydrogens (tertiary/aromatic N) is 1. The van der Waals surface area contributed by atoms with Gasteiger partial charge in [-0.05, 0) is 48.4 Å². The molecule has 5 heteroatoms. The lowest BCUT2D eigenvalue weighted by molar-refractivity contribution is 0.0655. The summed E-state index contributed by atoms with van der Waals surface area (Å²) in [5.41, 5.74) is 0. The van der Waals surface area contributed by atoms with Crippen LogP contribution in [0.25, 0.3) is 10.1 Å². The van der Waals surface area contributed by atoms with E-state index in [-0.39, 0.29) is 18.3 Å². The van der Waals surface area contributed by atoms with E-state index in [1.165, 1.54) is 23.5 Å². The summed E-state index contributed by atoms with van der Waals surface area (Å²) in [6.07, 6.45) is 1.70. The van der Waals surface area contributed by atoms with E-state index in [9.17, 15) is 9.18 Å². The molecule has 0 atom stereocenters. The minimum atomic E-state index is -0.280. The van der Waals surface area contributed by atoms with Crippen molar-refractivity contribution in [2.75, 3.05) is 19.7 Å². The minimum Gasteiger partial charge on any atom is -0.396 e. The zero-order chi connectivity index (χ0) is 14.1. The normalized spacial score (nSPS) is 16.8. The number of benzene rings is 1. The van der Waals surface area contributed by atoms with Crippen LogP contribution in [0.15, 0.2) is 24.3 Å². The highest BCUT2D eigenvalue weighted by Crippen LogP contribution is 2.28. The molecule has 1 aliphatic rings. The highest BCUT2D eigenvalue weighted by atomic mass is 32.1. The molecule has 1 saturated heterocycles. The fraction of sp³-hybridized carbons (Fsp3) is 0.400. The predicted molar refractivity (Wildman–Crippen MR) is 77.5 cm³/mol. The molecule has 2 heterocycles. The fourth-order valence-corrected chi connectivity index (χ4v) is 3.61. The van der Waals surface area contributed by atoms with E-state index in [4.69, 9.17) is 5.11 Å². The number of aliphatic hydroxyl groups excluding tert-OH is 1. The van der Waals surface area contributed by atoms with Crippen LogP contribution >= 0.6 is 11.3 Å². The Morgan fingerprint density at radius 1 is 1.35 bits per heavy atom. The molecule has 0 spiro atoms. The van der Waals surface area contributed by atoms with E-state index in [1.807, 2.05) is 4.90 Å². The SMILES string of the molecule is O=C(c1cc2cc(F)ccc2s1)N1CCC(CO)CC1. The second-order valence-corrected chi connectivity index (χ2v) is 6.29. The molecule has 1 aromatic carbocycles. The summed E-state index contributed by atoms with van der Waals surface area (Å²) in [7, 11) is 0. The van der Waals surface area contributed by atoms with Crippen LogP contribution in [0.1, 0.15) is 22.5 Å². The first-order chi connectivity index (χ1) is 9.67. The Labute approximate surface area is 120 Å². The van der Waals surface area contributed by atoms with Crippen molar-refractivity contribution in [3.63, 3.8) is 0 Å². The molecule has 1 aliphatic heterocycles. The van der Waals surface area contributed by atoms with Gasteiger partial charge >= 0.3 is 0 Å². The van der Waals surface area contributed by atoms with Crippen molar-refractivity contribution in [1.82, 2.24) is 4.90 Å². The van der Waals surface area contributed by atoms with Crippen LogP contribution in [-0.4, -0.2) is 35.6 Å². The number of likely N-dealkylation sites (tertiary alicyclic amines) is 1. The number of amides is 1. The number of hydrogen-bond acceptors (Lipinski definition) is 3. The van der Waals surface area contributed by atoms with Crippen molar-refractivity contribution in [2.24, 2.45) is 5.92 Å². The molecule has 3 nitrogen and oxygen atoms in total. The molecule has 0 aliphatic carbocycles. The Hall–Kier alpha value is -1.46. The molecule has 3 rings (SSSR count). The van der Waals surface area contributed by atoms with E-state index in [1.54, 1.807) is 12.1 Å². The Bertz CT molecular complexity index is 632. The number of carbonyl (C=O) groups is 1. The first kappa shape index (κ1) is 13.5. The van der Waals surface area contributed by atoms with Crippen molar-refractivity contribution >= 4 is 27.3 Å². The van der Waals surface area contributed by atoms with E-state index in [0.717, 1.165) is 22.9 Å². The lowest BCUT2D eigenvalue weighted by atomic mass is 9.98. The molecule has 20 heavy (non-hydrogen) atoms. The monoisotopic (exact) mass is 293 g/mol. The van der Waals surface area contributed by atoms with Crippen LogP contribution in [0.5, 0.6) is 0 Å². The number of carbonyl (C=O) groups excluding carboxylic acids is 1. The van der Waals surface area contributed by atoms with E-state index >= 15 is 0 Å². The lowest BCUT2D eigenvalue weighted by Crippen LogP contribution is -2.38. The zero-order valence-electron chi connectivity index (χ0n) is 11.0. The molecule has 2 aromatic rings. The Balaban J connectivity index is 1.79. The predicted octanol–water partition coefficient (Wildman–Crippen LogP) is 2.88. The minimum absolute atomic E-state index is 0.0167. The van der Waals surface area contributed by atoms with Crippen molar-refractivity contribution in [1.29, 1.82) is 0 Å². The van der Waals surface area contributed by atoms with E-state index in [2.05, 4.69) is 0 Å². The average molecular weight is 293 g/mol. The quantitative estimate of drug-likeness (QED) is 0.925. The average Bonchev–Trinajstić information content (AvgIpc) is 2.89. The van der Waals surface area contributed by atoms with Gasteiger partial charge in [0.2, 0.25) is 0 Å². The maximum atomic E-state index is 13.2. The highest BCUT2D eigenvalue weighted by molar-refractivity contribution is 7.20. The van der Waals surface area contributed by atoms with Gasteiger partial charge in [-0.25, -0.2) is 4.39 Å². The maximum Gasteiger partial charge on any atom is 0.263 e. The van der Waals surface area contributed by atoms with Gasteiger partial charge in [-0.3, -0.25) is 4.79 Å². The molecule has 1 fully saturated rings. The molecular weight excluding hydrogens is 277 g/mol. The molecule has 0 radical (unpaired) electrons. The summed E-state index contributed by atoms with van der Waals surface area (Å²) in [6, 6.07) is 6.36. The Kier molecular flexibility index (Phi) is 3.72. The maximum absolute atomic E-state index is 13.2. The molecule has 1 amide bonds. The number of piperidine rings is 1. The summed E-state index contributed by atoms with van der Waals surface area (Å²) in [5.74, 6) is 0.0524. The van der Waals surface area contributed by atoms with Gasteiger partial charge in [-0.15, -0.1) is 11.3 Å². The van der Waals surface area contributed by atoms with Gasteiger partial charge in [0.1, 0.15) is 5.82 Å². The van der Waals surface area contributed by atoms with E-state index in [0.29, 0.717) is 23.9 Å². The van der Waals surface area contributed by atoms with Gasteiger partial charge in [0, 0.05) is 24.4 Å². The number of fused-ring (bicyclic) bond motifs is 1. The fourth-order valence-electron chi connectivity index (χ4n) is 2.59. The van der Waals surface area contributed by atoms with Gasteiger partial charge in [0.25, 0.3) is 5.91 Å². The molecule has 0 saturated carbocycles. The Morgan fingerprint density at radius 3 is 2.80 bits per heavy atom. The topological polar surface area (TPSA) is 40.5 Å². The third kappa shape index (κ3) is 2.55. The largest absolute Gasteiger partial charge is 0.396 e. The Morgan fingerprint density at radius 2 is 2.10 bits per heavy atom. The van der Waals surface area contributed by atoms with Crippen LogP contribution < -0.4 is 0 Å². The lowest BCUT2D eigenvalue weighted by Gasteiger charge is -2.30. The van der Waals surface area contributed by atoms with Crippen LogP contribution in [0.3, 0.4) is 0 Å². The van der Waals surface area contributed by atoms with Crippen molar-refractivity contribution in [3.8, 4) is 0 Å². The highest BCUT2D eigenvalue weighted by Gasteiger charge is 2.24. The van der Waals surface area contributed by atoms with Crippen LogP contribution in [0.4, 0.5) is 4.39 Å². The molecule has 106 valence electrons. The number of rotatable bonds is 2. The summed E-state index contributed by atoms with van der Waals surface area (Å²) in [4.78, 5) is 14.9. The molecule has 1 N–H and O–H groups in total. The molecular formula is C15H16FNO2S. The number of aliphatic hydroxyl groups is 1. The summed E-state index contributed by atoms with van der Waals surface area (Å²) < 4.78 is 14.1. The van der Waals surface area contributed by atoms with Crippen molar-refractivity contribution < 1.29 is 14.3 Å². The van der Waals surface area contributed by atoms with Gasteiger partial charge in [0.15, 0.2) is 0 Å². The first-order valence-electron chi connectivity index (χ1n) is 6.76. The van der Waals surface area contributed by atoms with Crippen molar-refractivity contribution in [3.05, 3.63) is 35.0 Å². The van der Waals surface area contributed by atoms with Gasteiger partial charge < -0.3 is 10.0 Å². The second kappa shape index (κ2) is 5.50. The van der Waals surface area contributed by atoms with Gasteiger partial charge in [-0.1, -0.05) is 0 Å². The second-order valence-electron chi connectivity index (χ2n) is 5.21.